The van der Waals surface area contributed by atoms with E-state index in [4.69, 9.17) is 4.74 Å². The zero-order valence-electron chi connectivity index (χ0n) is 21.0. The van der Waals surface area contributed by atoms with E-state index in [-0.39, 0.29) is 12.6 Å². The van der Waals surface area contributed by atoms with Crippen molar-refractivity contribution in [2.45, 2.75) is 38.5 Å². The van der Waals surface area contributed by atoms with Crippen LogP contribution in [0.25, 0.3) is 10.9 Å². The first-order chi connectivity index (χ1) is 17.8. The van der Waals surface area contributed by atoms with E-state index in [2.05, 4.69) is 34.3 Å². The number of likely N-dealkylation sites (tertiary alicyclic amines) is 1. The third-order valence-corrected chi connectivity index (χ3v) is 6.62. The second-order valence-electron chi connectivity index (χ2n) is 9.06. The van der Waals surface area contributed by atoms with E-state index in [0.717, 1.165) is 49.8 Å². The Balaban J connectivity index is 1.58. The molecule has 0 atom stereocenters. The van der Waals surface area contributed by atoms with Gasteiger partial charge in [-0.05, 0) is 61.7 Å². The number of aldehydes is 1. The van der Waals surface area contributed by atoms with Gasteiger partial charge in [0.2, 0.25) is 0 Å². The molecule has 6 nitrogen and oxygen atoms in total. The van der Waals surface area contributed by atoms with Crippen molar-refractivity contribution in [3.8, 4) is 17.6 Å². The van der Waals surface area contributed by atoms with Crippen LogP contribution in [-0.2, 0) is 6.54 Å². The number of methoxy groups -OCH3 is 1. The number of carbonyl (C=O) groups excluding carboxylic acids is 1. The predicted molar refractivity (Wildman–Crippen MR) is 141 cm³/mol. The minimum Gasteiger partial charge on any atom is -0.495 e. The summed E-state index contributed by atoms with van der Waals surface area (Å²) in [5, 5.41) is 7.39. The van der Waals surface area contributed by atoms with Gasteiger partial charge >= 0.3 is 6.18 Å². The number of aromatic nitrogens is 1. The highest BCUT2D eigenvalue weighted by atomic mass is 19.4. The Morgan fingerprint density at radius 2 is 1.92 bits per heavy atom. The topological polar surface area (TPSA) is 58.5 Å². The van der Waals surface area contributed by atoms with Gasteiger partial charge in [-0.2, -0.15) is 13.2 Å². The molecule has 196 valence electrons. The maximum Gasteiger partial charge on any atom is 0.406 e. The Hall–Kier alpha value is -3.64. The van der Waals surface area contributed by atoms with Crippen LogP contribution in [0, 0.1) is 11.8 Å². The number of ether oxygens (including phenoxy) is 1. The molecule has 0 amide bonds. The molecule has 1 aromatic heterocycles. The molecule has 0 aliphatic carbocycles. The fourth-order valence-corrected chi connectivity index (χ4v) is 4.68. The number of nitrogens with zero attached hydrogens (tertiary/aromatic N) is 2. The Morgan fingerprint density at radius 1 is 1.14 bits per heavy atom. The smallest absolute Gasteiger partial charge is 0.406 e. The number of rotatable bonds is 8. The summed E-state index contributed by atoms with van der Waals surface area (Å²) in [6.07, 6.45) is -1.68. The molecule has 2 aromatic carbocycles. The van der Waals surface area contributed by atoms with Gasteiger partial charge in [-0.1, -0.05) is 18.9 Å². The van der Waals surface area contributed by atoms with Gasteiger partial charge in [-0.25, -0.2) is 0 Å². The molecule has 1 aliphatic rings. The first-order valence-corrected chi connectivity index (χ1v) is 12.3. The van der Waals surface area contributed by atoms with E-state index < -0.39 is 12.7 Å². The largest absolute Gasteiger partial charge is 0.495 e. The van der Waals surface area contributed by atoms with Crippen LogP contribution in [0.4, 0.5) is 24.5 Å². The van der Waals surface area contributed by atoms with Crippen molar-refractivity contribution in [1.29, 1.82) is 0 Å². The zero-order chi connectivity index (χ0) is 26.4. The second kappa shape index (κ2) is 11.6. The second-order valence-corrected chi connectivity index (χ2v) is 9.06. The lowest BCUT2D eigenvalue weighted by molar-refractivity contribution is -0.140. The van der Waals surface area contributed by atoms with Crippen molar-refractivity contribution in [1.82, 2.24) is 9.47 Å². The molecular formula is C28H31F3N4O2. The average Bonchev–Trinajstić information content (AvgIpc) is 3.23. The third kappa shape index (κ3) is 6.57. The Bertz CT molecular complexity index is 1300. The maximum atomic E-state index is 13.5. The summed E-state index contributed by atoms with van der Waals surface area (Å²) in [4.78, 5) is 13.4. The number of hydrogen-bond acceptors (Lipinski definition) is 5. The number of piperidine rings is 1. The normalized spacial score (nSPS) is 14.7. The van der Waals surface area contributed by atoms with Gasteiger partial charge in [0.05, 0.1) is 30.6 Å². The Morgan fingerprint density at radius 3 is 2.59 bits per heavy atom. The lowest BCUT2D eigenvalue weighted by atomic mass is 10.0. The number of hydrogen-bond donors (Lipinski definition) is 2. The molecule has 1 saturated heterocycles. The highest BCUT2D eigenvalue weighted by molar-refractivity contribution is 5.94. The van der Waals surface area contributed by atoms with Crippen molar-refractivity contribution in [2.75, 3.05) is 43.9 Å². The van der Waals surface area contributed by atoms with Crippen molar-refractivity contribution in [3.63, 3.8) is 0 Å². The lowest BCUT2D eigenvalue weighted by Crippen LogP contribution is -2.38. The van der Waals surface area contributed by atoms with Crippen LogP contribution in [0.2, 0.25) is 0 Å². The van der Waals surface area contributed by atoms with E-state index in [1.165, 1.54) is 11.7 Å². The molecule has 1 aliphatic heterocycles. The molecule has 0 saturated carbocycles. The van der Waals surface area contributed by atoms with E-state index in [1.807, 2.05) is 6.07 Å². The molecule has 3 aromatic rings. The number of halogens is 3. The molecule has 37 heavy (non-hydrogen) atoms. The molecule has 1 fully saturated rings. The van der Waals surface area contributed by atoms with Gasteiger partial charge in [0.25, 0.3) is 0 Å². The summed E-state index contributed by atoms with van der Waals surface area (Å²) < 4.78 is 47.0. The maximum absolute atomic E-state index is 13.5. The van der Waals surface area contributed by atoms with Gasteiger partial charge in [0, 0.05) is 35.8 Å². The Labute approximate surface area is 214 Å². The first-order valence-electron chi connectivity index (χ1n) is 12.3. The number of alkyl halides is 3. The molecular weight excluding hydrogens is 481 g/mol. The number of carbonyl (C=O) groups is 1. The van der Waals surface area contributed by atoms with Gasteiger partial charge in [0.15, 0.2) is 0 Å². The van der Waals surface area contributed by atoms with E-state index >= 15 is 0 Å². The lowest BCUT2D eigenvalue weighted by Gasteiger charge is -2.32. The zero-order valence-corrected chi connectivity index (χ0v) is 21.0. The fraction of sp³-hybridized carbons (Fsp3) is 0.393. The first kappa shape index (κ1) is 26.4. The van der Waals surface area contributed by atoms with Crippen LogP contribution in [0.15, 0.2) is 42.5 Å². The number of anilines is 2. The molecule has 9 heteroatoms. The van der Waals surface area contributed by atoms with Crippen molar-refractivity contribution in [2.24, 2.45) is 0 Å². The molecule has 0 unspecified atom stereocenters. The quantitative estimate of drug-likeness (QED) is 0.313. The molecule has 0 radical (unpaired) electrons. The van der Waals surface area contributed by atoms with Crippen LogP contribution in [0.5, 0.6) is 5.75 Å². The predicted octanol–water partition coefficient (Wildman–Crippen LogP) is 5.38. The van der Waals surface area contributed by atoms with Gasteiger partial charge in [0.1, 0.15) is 18.6 Å². The van der Waals surface area contributed by atoms with Crippen LogP contribution in [0.1, 0.15) is 35.8 Å². The summed E-state index contributed by atoms with van der Waals surface area (Å²) in [5.74, 6) is 6.33. The van der Waals surface area contributed by atoms with Crippen LogP contribution in [-0.4, -0.2) is 61.3 Å². The van der Waals surface area contributed by atoms with Crippen LogP contribution < -0.4 is 15.4 Å². The fourth-order valence-electron chi connectivity index (χ4n) is 4.68. The minimum atomic E-state index is -4.38. The summed E-state index contributed by atoms with van der Waals surface area (Å²) >= 11 is 0. The van der Waals surface area contributed by atoms with E-state index in [0.29, 0.717) is 28.2 Å². The third-order valence-electron chi connectivity index (χ3n) is 6.62. The monoisotopic (exact) mass is 512 g/mol. The highest BCUT2D eigenvalue weighted by Crippen LogP contribution is 2.31. The standard InChI is InChI=1S/C28H31F3N4O2/c1-3-34-14-11-21(12-15-34)33-24-7-4-8-26-23(24)17-22(35(26)19-28(29,30)31)6-5-13-32-25-10-9-20(18-36)16-27(25)37-2/h4,7-10,16-18,21,32-33H,3,11-15,19H2,1-2H3. The summed E-state index contributed by atoms with van der Waals surface area (Å²) in [6, 6.07) is 12.4. The average molecular weight is 513 g/mol. The molecule has 2 heterocycles. The molecule has 0 spiro atoms. The van der Waals surface area contributed by atoms with E-state index in [1.54, 1.807) is 36.4 Å². The minimum absolute atomic E-state index is 0.186. The highest BCUT2D eigenvalue weighted by Gasteiger charge is 2.30. The number of fused-ring (bicyclic) bond motifs is 1. The van der Waals surface area contributed by atoms with Crippen molar-refractivity contribution < 1.29 is 22.7 Å². The van der Waals surface area contributed by atoms with Crippen molar-refractivity contribution in [3.05, 3.63) is 53.7 Å². The molecule has 0 bridgehead atoms. The van der Waals surface area contributed by atoms with Crippen LogP contribution >= 0.6 is 0 Å². The summed E-state index contributed by atoms with van der Waals surface area (Å²) in [5.41, 5.74) is 2.74. The van der Waals surface area contributed by atoms with Gasteiger partial charge in [-0.15, -0.1) is 0 Å². The number of nitrogens with one attached hydrogen (secondary N) is 2. The van der Waals surface area contributed by atoms with Gasteiger partial charge in [-0.3, -0.25) is 4.79 Å². The van der Waals surface area contributed by atoms with E-state index in [9.17, 15) is 18.0 Å². The van der Waals surface area contributed by atoms with Crippen LogP contribution in [0.3, 0.4) is 0 Å². The molecule has 4 rings (SSSR count). The molecule has 2 N–H and O–H groups in total. The Kier molecular flexibility index (Phi) is 8.29. The number of benzene rings is 2. The summed E-state index contributed by atoms with van der Waals surface area (Å²) in [6.45, 7) is 4.25. The summed E-state index contributed by atoms with van der Waals surface area (Å²) in [7, 11) is 1.50. The SMILES string of the molecule is CCN1CCC(Nc2cccc3c2cc(C#CCNc2ccc(C=O)cc2OC)n3CC(F)(F)F)CC1. The van der Waals surface area contributed by atoms with Crippen molar-refractivity contribution >= 4 is 28.6 Å². The van der Waals surface area contributed by atoms with Gasteiger partial charge < -0.3 is 24.8 Å².